The molecule has 0 fully saturated rings. The van der Waals surface area contributed by atoms with Crippen molar-refractivity contribution in [3.05, 3.63) is 28.2 Å². The van der Waals surface area contributed by atoms with Gasteiger partial charge in [-0.15, -0.1) is 0 Å². The summed E-state index contributed by atoms with van der Waals surface area (Å²) in [5.74, 6) is -1.98. The topological polar surface area (TPSA) is 46.6 Å². The van der Waals surface area contributed by atoms with Crippen molar-refractivity contribution in [2.24, 2.45) is 0 Å². The summed E-state index contributed by atoms with van der Waals surface area (Å²) in [6.45, 7) is 3.91. The van der Waals surface area contributed by atoms with Gasteiger partial charge in [0.05, 0.1) is 12.7 Å². The lowest BCUT2D eigenvalue weighted by Gasteiger charge is -2.19. The van der Waals surface area contributed by atoms with Crippen LogP contribution in [0.5, 0.6) is 0 Å². The van der Waals surface area contributed by atoms with Crippen molar-refractivity contribution in [1.82, 2.24) is 4.31 Å². The summed E-state index contributed by atoms with van der Waals surface area (Å²) >= 11 is 2.88. The fraction of sp³-hybridized carbons (Fsp3) is 0.500. The van der Waals surface area contributed by atoms with Crippen LogP contribution in [0.2, 0.25) is 0 Å². The number of benzene rings is 1. The molecule has 4 nitrogen and oxygen atoms in total. The fourth-order valence-corrected chi connectivity index (χ4v) is 3.73. The zero-order valence-corrected chi connectivity index (χ0v) is 13.8. The van der Waals surface area contributed by atoms with Crippen LogP contribution < -0.4 is 0 Å². The van der Waals surface area contributed by atoms with Crippen molar-refractivity contribution in [3.8, 4) is 0 Å². The predicted molar refractivity (Wildman–Crippen MR) is 75.0 cm³/mol. The Morgan fingerprint density at radius 1 is 1.35 bits per heavy atom. The van der Waals surface area contributed by atoms with Crippen LogP contribution in [0.25, 0.3) is 0 Å². The standard InChI is InChI=1S/C12H16BrF2NO3S/c1-8(2)19-5-4-16(3)20(17,18)12-10(13)6-9(14)7-11(12)15/h6-8H,4-5H2,1-3H3. The quantitative estimate of drug-likeness (QED) is 0.772. The van der Waals surface area contributed by atoms with Crippen LogP contribution in [0.1, 0.15) is 13.8 Å². The summed E-state index contributed by atoms with van der Waals surface area (Å²) in [6.07, 6.45) is -0.0274. The number of sulfonamides is 1. The van der Waals surface area contributed by atoms with Crippen molar-refractivity contribution in [2.75, 3.05) is 20.2 Å². The molecule has 114 valence electrons. The van der Waals surface area contributed by atoms with Crippen molar-refractivity contribution >= 4 is 26.0 Å². The minimum absolute atomic E-state index is 0.0274. The monoisotopic (exact) mass is 371 g/mol. The molecule has 0 spiro atoms. The summed E-state index contributed by atoms with van der Waals surface area (Å²) < 4.78 is 57.3. The van der Waals surface area contributed by atoms with E-state index < -0.39 is 26.6 Å². The highest BCUT2D eigenvalue weighted by atomic mass is 79.9. The van der Waals surface area contributed by atoms with Gasteiger partial charge < -0.3 is 4.74 Å². The largest absolute Gasteiger partial charge is 0.377 e. The maximum absolute atomic E-state index is 13.7. The Kier molecular flexibility index (Phi) is 6.06. The average Bonchev–Trinajstić information content (AvgIpc) is 2.26. The highest BCUT2D eigenvalue weighted by Gasteiger charge is 2.27. The van der Waals surface area contributed by atoms with Gasteiger partial charge in [-0.2, -0.15) is 4.31 Å². The highest BCUT2D eigenvalue weighted by Crippen LogP contribution is 2.28. The van der Waals surface area contributed by atoms with Gasteiger partial charge in [0.2, 0.25) is 10.0 Å². The van der Waals surface area contributed by atoms with Crippen molar-refractivity contribution < 1.29 is 21.9 Å². The first-order chi connectivity index (χ1) is 9.16. The van der Waals surface area contributed by atoms with E-state index >= 15 is 0 Å². The average molecular weight is 372 g/mol. The van der Waals surface area contributed by atoms with E-state index in [1.54, 1.807) is 0 Å². The SMILES string of the molecule is CC(C)OCCN(C)S(=O)(=O)c1c(F)cc(F)cc1Br. The lowest BCUT2D eigenvalue weighted by molar-refractivity contribution is 0.0737. The second-order valence-corrected chi connectivity index (χ2v) is 7.28. The molecule has 0 aliphatic carbocycles. The van der Waals surface area contributed by atoms with Crippen molar-refractivity contribution in [2.45, 2.75) is 24.8 Å². The maximum Gasteiger partial charge on any atom is 0.246 e. The predicted octanol–water partition coefficient (Wildman–Crippen LogP) is 2.77. The van der Waals surface area contributed by atoms with Crippen LogP contribution in [0.15, 0.2) is 21.5 Å². The van der Waals surface area contributed by atoms with Gasteiger partial charge in [-0.3, -0.25) is 0 Å². The molecule has 0 radical (unpaired) electrons. The Morgan fingerprint density at radius 2 is 1.95 bits per heavy atom. The Bertz CT molecular complexity index is 555. The number of halogens is 3. The van der Waals surface area contributed by atoms with Crippen LogP contribution in [-0.2, 0) is 14.8 Å². The zero-order chi connectivity index (χ0) is 15.5. The molecule has 0 aliphatic rings. The van der Waals surface area contributed by atoms with Gasteiger partial charge in [0.15, 0.2) is 0 Å². The minimum atomic E-state index is -4.05. The Morgan fingerprint density at radius 3 is 2.45 bits per heavy atom. The smallest absolute Gasteiger partial charge is 0.246 e. The van der Waals surface area contributed by atoms with Crippen LogP contribution >= 0.6 is 15.9 Å². The summed E-state index contributed by atoms with van der Waals surface area (Å²) in [7, 11) is -2.74. The second-order valence-electron chi connectivity index (χ2n) is 4.44. The number of hydrogen-bond donors (Lipinski definition) is 0. The summed E-state index contributed by atoms with van der Waals surface area (Å²) in [5.41, 5.74) is 0. The third-order valence-corrected chi connectivity index (χ3v) is 5.31. The summed E-state index contributed by atoms with van der Waals surface area (Å²) in [5, 5.41) is 0. The van der Waals surface area contributed by atoms with Gasteiger partial charge in [0.1, 0.15) is 16.5 Å². The molecule has 0 amide bonds. The van der Waals surface area contributed by atoms with Gasteiger partial charge in [-0.05, 0) is 35.8 Å². The first-order valence-corrected chi connectivity index (χ1v) is 8.12. The van der Waals surface area contributed by atoms with E-state index in [1.807, 2.05) is 13.8 Å². The van der Waals surface area contributed by atoms with Gasteiger partial charge in [0.25, 0.3) is 0 Å². The first kappa shape index (κ1) is 17.5. The van der Waals surface area contributed by atoms with Gasteiger partial charge in [-0.25, -0.2) is 17.2 Å². The van der Waals surface area contributed by atoms with E-state index in [1.165, 1.54) is 7.05 Å². The van der Waals surface area contributed by atoms with Crippen LogP contribution in [0.4, 0.5) is 8.78 Å². The molecule has 20 heavy (non-hydrogen) atoms. The summed E-state index contributed by atoms with van der Waals surface area (Å²) in [6, 6.07) is 1.45. The molecule has 0 aliphatic heterocycles. The van der Waals surface area contributed by atoms with E-state index in [4.69, 9.17) is 4.74 Å². The van der Waals surface area contributed by atoms with Gasteiger partial charge in [-0.1, -0.05) is 0 Å². The van der Waals surface area contributed by atoms with E-state index in [0.717, 1.165) is 10.4 Å². The molecule has 0 atom stereocenters. The number of nitrogens with zero attached hydrogens (tertiary/aromatic N) is 1. The Labute approximate surface area is 125 Å². The van der Waals surface area contributed by atoms with E-state index in [0.29, 0.717) is 6.07 Å². The molecule has 1 rings (SSSR count). The van der Waals surface area contributed by atoms with E-state index in [-0.39, 0.29) is 23.7 Å². The first-order valence-electron chi connectivity index (χ1n) is 5.88. The Hall–Kier alpha value is -0.570. The van der Waals surface area contributed by atoms with Crippen LogP contribution in [0, 0.1) is 11.6 Å². The third-order valence-electron chi connectivity index (χ3n) is 2.49. The van der Waals surface area contributed by atoms with Crippen LogP contribution in [0.3, 0.4) is 0 Å². The molecular formula is C12H16BrF2NO3S. The lowest BCUT2D eigenvalue weighted by atomic mass is 10.3. The summed E-state index contributed by atoms with van der Waals surface area (Å²) in [4.78, 5) is -0.578. The molecule has 0 saturated carbocycles. The van der Waals surface area contributed by atoms with Crippen molar-refractivity contribution in [3.63, 3.8) is 0 Å². The van der Waals surface area contributed by atoms with E-state index in [2.05, 4.69) is 15.9 Å². The molecule has 0 saturated heterocycles. The molecular weight excluding hydrogens is 356 g/mol. The number of ether oxygens (including phenoxy) is 1. The second kappa shape index (κ2) is 6.93. The molecule has 0 heterocycles. The fourth-order valence-electron chi connectivity index (χ4n) is 1.47. The molecule has 0 bridgehead atoms. The molecule has 0 unspecified atom stereocenters. The molecule has 8 heteroatoms. The molecule has 1 aromatic carbocycles. The highest BCUT2D eigenvalue weighted by molar-refractivity contribution is 9.10. The van der Waals surface area contributed by atoms with Crippen molar-refractivity contribution in [1.29, 1.82) is 0 Å². The molecule has 0 N–H and O–H groups in total. The number of rotatable bonds is 6. The zero-order valence-electron chi connectivity index (χ0n) is 11.4. The third kappa shape index (κ3) is 4.21. The normalized spacial score (nSPS) is 12.4. The van der Waals surface area contributed by atoms with E-state index in [9.17, 15) is 17.2 Å². The maximum atomic E-state index is 13.7. The lowest BCUT2D eigenvalue weighted by Crippen LogP contribution is -2.31. The van der Waals surface area contributed by atoms with Gasteiger partial charge >= 0.3 is 0 Å². The van der Waals surface area contributed by atoms with Gasteiger partial charge in [0, 0.05) is 24.1 Å². The molecule has 1 aromatic rings. The number of likely N-dealkylation sites (N-methyl/N-ethyl adjacent to an activating group) is 1. The van der Waals surface area contributed by atoms with Crippen LogP contribution in [-0.4, -0.2) is 39.0 Å². The Balaban J connectivity index is 2.99. The number of hydrogen-bond acceptors (Lipinski definition) is 3. The molecule has 0 aromatic heterocycles. The minimum Gasteiger partial charge on any atom is -0.377 e.